The molecule has 0 aliphatic carbocycles. The van der Waals surface area contributed by atoms with Crippen LogP contribution in [0.15, 0.2) is 50.5 Å². The minimum Gasteiger partial charge on any atom is -0.484 e. The first-order chi connectivity index (χ1) is 19.3. The Balaban J connectivity index is 1.64. The summed E-state index contributed by atoms with van der Waals surface area (Å²) in [7, 11) is -3.58. The van der Waals surface area contributed by atoms with Gasteiger partial charge in [0.2, 0.25) is 0 Å². The molecule has 2 atom stereocenters. The third-order valence-corrected chi connectivity index (χ3v) is 9.41. The van der Waals surface area contributed by atoms with Crippen molar-refractivity contribution in [3.05, 3.63) is 48.0 Å². The van der Waals surface area contributed by atoms with Gasteiger partial charge in [-0.15, -0.1) is 0 Å². The molecular formula is C24H25F5N6O3S. The van der Waals surface area contributed by atoms with E-state index in [1.807, 2.05) is 0 Å². The Bertz CT molecular complexity index is 1640. The van der Waals surface area contributed by atoms with Gasteiger partial charge in [0.25, 0.3) is 0 Å². The summed E-state index contributed by atoms with van der Waals surface area (Å²) >= 11 is 0. The smallest absolute Gasteiger partial charge is 0.340 e. The highest BCUT2D eigenvalue weighted by atomic mass is 32.2. The van der Waals surface area contributed by atoms with E-state index in [0.29, 0.717) is 5.56 Å². The second-order valence-electron chi connectivity index (χ2n) is 9.52. The highest BCUT2D eigenvalue weighted by Gasteiger charge is 2.48. The van der Waals surface area contributed by atoms with Crippen LogP contribution in [-0.4, -0.2) is 61.6 Å². The van der Waals surface area contributed by atoms with Crippen molar-refractivity contribution in [3.63, 3.8) is 0 Å². The first kappa shape index (κ1) is 24.4. The van der Waals surface area contributed by atoms with Gasteiger partial charge in [-0.1, -0.05) is 5.16 Å². The number of ether oxygens (including phenoxy) is 1. The number of aliphatic imine (C=N–C) groups is 1. The van der Waals surface area contributed by atoms with Crippen molar-refractivity contribution in [1.29, 1.82) is 0 Å². The number of nitrogens with two attached hydrogens (primary N) is 1. The maximum atomic E-state index is 15.2. The molecule has 210 valence electrons. The molecule has 3 aromatic rings. The van der Waals surface area contributed by atoms with E-state index in [2.05, 4.69) is 29.2 Å². The number of halogens is 5. The van der Waals surface area contributed by atoms with E-state index >= 15 is 4.39 Å². The summed E-state index contributed by atoms with van der Waals surface area (Å²) < 4.78 is 115. The molecule has 0 saturated heterocycles. The van der Waals surface area contributed by atoms with E-state index in [9.17, 15) is 21.8 Å². The zero-order chi connectivity index (χ0) is 31.3. The number of hydrogen-bond donors (Lipinski definition) is 1. The Morgan fingerprint density at radius 2 is 1.95 bits per heavy atom. The summed E-state index contributed by atoms with van der Waals surface area (Å²) in [5, 5.41) is 3.85. The first-order valence-electron chi connectivity index (χ1n) is 12.8. The number of amidine groups is 1. The monoisotopic (exact) mass is 575 g/mol. The van der Waals surface area contributed by atoms with Crippen LogP contribution in [0.1, 0.15) is 30.4 Å². The highest BCUT2D eigenvalue weighted by Crippen LogP contribution is 2.40. The van der Waals surface area contributed by atoms with E-state index in [1.54, 1.807) is 0 Å². The number of benzene rings is 1. The quantitative estimate of drug-likeness (QED) is 0.405. The van der Waals surface area contributed by atoms with Gasteiger partial charge in [-0.3, -0.25) is 4.99 Å². The zero-order valence-corrected chi connectivity index (χ0v) is 21.6. The number of hydrogen-bond acceptors (Lipinski definition) is 9. The van der Waals surface area contributed by atoms with Gasteiger partial charge in [-0.2, -0.15) is 8.78 Å². The lowest BCUT2D eigenvalue weighted by molar-refractivity contribution is -0.148. The lowest BCUT2D eigenvalue weighted by Gasteiger charge is -2.40. The maximum Gasteiger partial charge on any atom is 0.340 e. The molecule has 2 aromatic heterocycles. The number of rotatable bonds is 7. The molecule has 1 aliphatic heterocycles. The van der Waals surface area contributed by atoms with Gasteiger partial charge in [-0.25, -0.2) is 31.7 Å². The molecule has 39 heavy (non-hydrogen) atoms. The van der Waals surface area contributed by atoms with Gasteiger partial charge in [-0.05, 0) is 39.0 Å². The number of nitrogens with zero attached hydrogens (tertiary/aromatic N) is 5. The van der Waals surface area contributed by atoms with Gasteiger partial charge in [0.15, 0.2) is 29.6 Å². The van der Waals surface area contributed by atoms with Crippen molar-refractivity contribution in [1.82, 2.24) is 15.1 Å². The minimum absolute atomic E-state index is 0.0230. The summed E-state index contributed by atoms with van der Waals surface area (Å²) in [5.74, 6) is -5.85. The second-order valence-corrected chi connectivity index (χ2v) is 12.3. The maximum absolute atomic E-state index is 15.2. The summed E-state index contributed by atoms with van der Waals surface area (Å²) in [5.41, 5.74) is 4.91. The topological polar surface area (TPSA) is 129 Å². The number of aromatic nitrogens is 3. The lowest BCUT2D eigenvalue weighted by Crippen LogP contribution is -2.54. The highest BCUT2D eigenvalue weighted by molar-refractivity contribution is 7.95. The Hall–Kier alpha value is -3.62. The fourth-order valence-corrected chi connectivity index (χ4v) is 5.82. The van der Waals surface area contributed by atoms with Crippen molar-refractivity contribution in [2.45, 2.75) is 43.4 Å². The van der Waals surface area contributed by atoms with Gasteiger partial charge < -0.3 is 15.0 Å². The lowest BCUT2D eigenvalue weighted by atomic mass is 9.91. The summed E-state index contributed by atoms with van der Waals surface area (Å²) in [6.45, 7) is -0.0739. The summed E-state index contributed by atoms with van der Waals surface area (Å²) in [6, 6.07) is 5.25. The van der Waals surface area contributed by atoms with Crippen LogP contribution in [0.3, 0.4) is 0 Å². The Morgan fingerprint density at radius 1 is 1.26 bits per heavy atom. The Kier molecular flexibility index (Phi) is 6.16. The fraction of sp³-hybridized carbons (Fsp3) is 0.417. The van der Waals surface area contributed by atoms with Crippen LogP contribution in [0.2, 0.25) is 0 Å². The predicted molar refractivity (Wildman–Crippen MR) is 134 cm³/mol. The van der Waals surface area contributed by atoms with E-state index in [1.165, 1.54) is 39.0 Å². The van der Waals surface area contributed by atoms with Crippen LogP contribution < -0.4 is 10.5 Å². The van der Waals surface area contributed by atoms with Crippen molar-refractivity contribution in [3.8, 4) is 28.6 Å². The normalized spacial score (nSPS) is 24.4. The molecule has 0 unspecified atom stereocenters. The van der Waals surface area contributed by atoms with Gasteiger partial charge in [0.05, 0.1) is 27.9 Å². The van der Waals surface area contributed by atoms with Crippen LogP contribution in [0.5, 0.6) is 5.75 Å². The standard InChI is InChI=1S/C24H25F5N6O3S/c1-22(2)21(30)34-23(3,12-39(22,36)31-4)15-7-13(5-6-16(15)25)18-8-17(35-38-18)19-32-9-14(10-33-19)37-11-24(28,29)20(26)27/h5-10,20H,11-12H2,1-4H3,(H2,30,34)/t23-,39+/m0/s1/i4D3. The molecule has 9 nitrogen and oxygen atoms in total. The largest absolute Gasteiger partial charge is 0.484 e. The predicted octanol–water partition coefficient (Wildman–Crippen LogP) is 4.68. The van der Waals surface area contributed by atoms with Crippen molar-refractivity contribution in [2.24, 2.45) is 15.1 Å². The molecule has 3 heterocycles. The number of alkyl halides is 4. The summed E-state index contributed by atoms with van der Waals surface area (Å²) in [6.07, 6.45) is -1.92. The third kappa shape index (κ3) is 5.18. The van der Waals surface area contributed by atoms with Gasteiger partial charge in [0, 0.05) is 28.3 Å². The van der Waals surface area contributed by atoms with Gasteiger partial charge >= 0.3 is 12.3 Å². The van der Waals surface area contributed by atoms with Crippen molar-refractivity contribution in [2.75, 3.05) is 19.3 Å². The molecule has 0 amide bonds. The molecular weight excluding hydrogens is 547 g/mol. The van der Waals surface area contributed by atoms with E-state index in [4.69, 9.17) is 14.4 Å². The van der Waals surface area contributed by atoms with Crippen LogP contribution in [0.25, 0.3) is 22.8 Å². The Morgan fingerprint density at radius 3 is 2.59 bits per heavy atom. The van der Waals surface area contributed by atoms with E-state index < -0.39 is 57.5 Å². The second kappa shape index (κ2) is 9.84. The molecule has 0 spiro atoms. The molecule has 0 radical (unpaired) electrons. The van der Waals surface area contributed by atoms with Crippen LogP contribution in [0, 0.1) is 5.82 Å². The SMILES string of the molecule is [2H]C([2H])([2H])N=[S@@]1(=O)C[C@@](C)(c2cc(-c3cc(-c4ncc(OCC(F)(F)C(F)F)cn4)no3)ccc2F)N=C(N)C1(C)C. The van der Waals surface area contributed by atoms with Crippen LogP contribution in [-0.2, 0) is 15.3 Å². The molecule has 0 bridgehead atoms. The van der Waals surface area contributed by atoms with Crippen LogP contribution in [0.4, 0.5) is 22.0 Å². The van der Waals surface area contributed by atoms with Crippen molar-refractivity contribution < 1.29 is 39.5 Å². The molecule has 0 saturated carbocycles. The first-order valence-corrected chi connectivity index (χ1v) is 12.9. The average molecular weight is 576 g/mol. The van der Waals surface area contributed by atoms with E-state index in [-0.39, 0.29) is 34.4 Å². The van der Waals surface area contributed by atoms with Crippen molar-refractivity contribution >= 4 is 15.6 Å². The fourth-order valence-electron chi connectivity index (χ4n) is 3.82. The molecule has 2 N–H and O–H groups in total. The molecule has 4 rings (SSSR count). The Labute approximate surface area is 225 Å². The molecule has 1 aromatic carbocycles. The average Bonchev–Trinajstić information content (AvgIpc) is 3.36. The zero-order valence-electron chi connectivity index (χ0n) is 23.8. The molecule has 15 heteroatoms. The van der Waals surface area contributed by atoms with E-state index in [0.717, 1.165) is 18.5 Å². The minimum atomic E-state index is -4.35. The third-order valence-electron chi connectivity index (χ3n) is 6.35. The van der Waals surface area contributed by atoms with Gasteiger partial charge in [0.1, 0.15) is 21.9 Å². The molecule has 0 fully saturated rings. The van der Waals surface area contributed by atoms with Crippen LogP contribution >= 0.6 is 0 Å². The molecule has 1 aliphatic rings. The summed E-state index contributed by atoms with van der Waals surface area (Å²) in [4.78, 5) is 12.3.